The number of nitrogens with two attached hydrogens (primary N) is 1. The van der Waals surface area contributed by atoms with Crippen LogP contribution < -0.4 is 10.6 Å². The van der Waals surface area contributed by atoms with Gasteiger partial charge in [0.25, 0.3) is 0 Å². The van der Waals surface area contributed by atoms with Gasteiger partial charge in [-0.15, -0.1) is 0 Å². The lowest BCUT2D eigenvalue weighted by molar-refractivity contribution is -0.384. The first-order valence-electron chi connectivity index (χ1n) is 6.80. The van der Waals surface area contributed by atoms with E-state index in [4.69, 9.17) is 11.0 Å². The Bertz CT molecular complexity index is 595. The van der Waals surface area contributed by atoms with Gasteiger partial charge in [-0.3, -0.25) is 10.1 Å². The fourth-order valence-corrected chi connectivity index (χ4v) is 3.57. The smallest absolute Gasteiger partial charge is 0.310 e. The molecule has 0 spiro atoms. The van der Waals surface area contributed by atoms with Crippen LogP contribution in [0.4, 0.5) is 11.4 Å². The van der Waals surface area contributed by atoms with Crippen molar-refractivity contribution in [1.29, 1.82) is 5.26 Å². The molecule has 1 heterocycles. The summed E-state index contributed by atoms with van der Waals surface area (Å²) < 4.78 is 0. The van der Waals surface area contributed by atoms with Crippen LogP contribution in [0.15, 0.2) is 18.2 Å². The molecular formula is C14H16N4O2. The molecule has 0 radical (unpaired) electrons. The maximum absolute atomic E-state index is 11.3. The molecule has 1 aliphatic heterocycles. The highest BCUT2D eigenvalue weighted by molar-refractivity contribution is 5.70. The van der Waals surface area contributed by atoms with Crippen molar-refractivity contribution in [2.45, 2.75) is 18.9 Å². The maximum atomic E-state index is 11.3. The van der Waals surface area contributed by atoms with Gasteiger partial charge in [0.1, 0.15) is 17.3 Å². The van der Waals surface area contributed by atoms with E-state index in [0.29, 0.717) is 17.5 Å². The monoisotopic (exact) mass is 272 g/mol. The van der Waals surface area contributed by atoms with Crippen LogP contribution >= 0.6 is 0 Å². The molecule has 3 unspecified atom stereocenters. The zero-order chi connectivity index (χ0) is 14.3. The fourth-order valence-electron chi connectivity index (χ4n) is 3.57. The number of nitro groups is 1. The lowest BCUT2D eigenvalue weighted by Crippen LogP contribution is -2.30. The Morgan fingerprint density at radius 3 is 2.85 bits per heavy atom. The van der Waals surface area contributed by atoms with Crippen molar-refractivity contribution in [2.24, 2.45) is 17.6 Å². The number of nitro benzene ring substituents is 1. The van der Waals surface area contributed by atoms with Gasteiger partial charge in [0.2, 0.25) is 0 Å². The number of benzene rings is 1. The third-order valence-corrected chi connectivity index (χ3v) is 4.57. The van der Waals surface area contributed by atoms with E-state index < -0.39 is 4.92 Å². The minimum Gasteiger partial charge on any atom is -0.365 e. The molecule has 0 aromatic heterocycles. The molecule has 1 aromatic carbocycles. The van der Waals surface area contributed by atoms with Gasteiger partial charge < -0.3 is 10.6 Å². The summed E-state index contributed by atoms with van der Waals surface area (Å²) in [7, 11) is 0. The topological polar surface area (TPSA) is 96.2 Å². The summed E-state index contributed by atoms with van der Waals surface area (Å²) in [5, 5.41) is 20.3. The van der Waals surface area contributed by atoms with Crippen molar-refractivity contribution >= 4 is 11.4 Å². The number of nitrogens with zero attached hydrogens (tertiary/aromatic N) is 3. The van der Waals surface area contributed by atoms with E-state index in [1.165, 1.54) is 6.07 Å². The Hall–Kier alpha value is -2.13. The van der Waals surface area contributed by atoms with Crippen LogP contribution in [0.3, 0.4) is 0 Å². The minimum absolute atomic E-state index is 0.0801. The van der Waals surface area contributed by atoms with Gasteiger partial charge in [0.05, 0.1) is 4.92 Å². The van der Waals surface area contributed by atoms with Gasteiger partial charge in [-0.25, -0.2) is 0 Å². The van der Waals surface area contributed by atoms with Crippen molar-refractivity contribution in [2.75, 3.05) is 18.0 Å². The lowest BCUT2D eigenvalue weighted by atomic mass is 9.98. The van der Waals surface area contributed by atoms with Crippen LogP contribution in [-0.2, 0) is 0 Å². The predicted molar refractivity (Wildman–Crippen MR) is 74.2 cm³/mol. The zero-order valence-corrected chi connectivity index (χ0v) is 11.0. The van der Waals surface area contributed by atoms with E-state index in [-0.39, 0.29) is 17.3 Å². The molecule has 104 valence electrons. The van der Waals surface area contributed by atoms with Crippen LogP contribution in [0.25, 0.3) is 0 Å². The molecule has 20 heavy (non-hydrogen) atoms. The summed E-state index contributed by atoms with van der Waals surface area (Å²) in [5.74, 6) is 0.940. The molecule has 6 nitrogen and oxygen atoms in total. The highest BCUT2D eigenvalue weighted by Crippen LogP contribution is 2.42. The molecule has 1 saturated heterocycles. The molecule has 2 aliphatic rings. The Kier molecular flexibility index (Phi) is 3.07. The first-order valence-corrected chi connectivity index (χ1v) is 6.80. The molecule has 2 N–H and O–H groups in total. The Morgan fingerprint density at radius 1 is 1.40 bits per heavy atom. The molecule has 3 rings (SSSR count). The van der Waals surface area contributed by atoms with Crippen LogP contribution in [0.2, 0.25) is 0 Å². The number of nitriles is 1. The summed E-state index contributed by atoms with van der Waals surface area (Å²) in [6.07, 6.45) is 2.14. The first kappa shape index (κ1) is 12.9. The number of rotatable bonds is 2. The second kappa shape index (κ2) is 4.76. The molecule has 0 bridgehead atoms. The van der Waals surface area contributed by atoms with Crippen molar-refractivity contribution in [3.8, 4) is 6.07 Å². The lowest BCUT2D eigenvalue weighted by Gasteiger charge is -2.20. The Morgan fingerprint density at radius 2 is 2.20 bits per heavy atom. The fraction of sp³-hybridized carbons (Fsp3) is 0.500. The molecule has 1 aromatic rings. The van der Waals surface area contributed by atoms with Crippen molar-refractivity contribution in [3.05, 3.63) is 33.9 Å². The molecule has 1 aliphatic carbocycles. The third kappa shape index (κ3) is 1.91. The highest BCUT2D eigenvalue weighted by Gasteiger charge is 2.42. The molecule has 3 atom stereocenters. The van der Waals surface area contributed by atoms with E-state index in [2.05, 4.69) is 0 Å². The third-order valence-electron chi connectivity index (χ3n) is 4.57. The van der Waals surface area contributed by atoms with Gasteiger partial charge in [-0.05, 0) is 36.8 Å². The van der Waals surface area contributed by atoms with Crippen LogP contribution in [0.5, 0.6) is 0 Å². The van der Waals surface area contributed by atoms with Crippen LogP contribution in [0, 0.1) is 33.3 Å². The number of anilines is 1. The number of para-hydroxylation sites is 1. The molecular weight excluding hydrogens is 256 g/mol. The van der Waals surface area contributed by atoms with Gasteiger partial charge >= 0.3 is 5.69 Å². The summed E-state index contributed by atoms with van der Waals surface area (Å²) in [4.78, 5) is 12.8. The van der Waals surface area contributed by atoms with E-state index in [1.807, 2.05) is 11.0 Å². The quantitative estimate of drug-likeness (QED) is 0.652. The summed E-state index contributed by atoms with van der Waals surface area (Å²) >= 11 is 0. The first-order chi connectivity index (χ1) is 9.61. The van der Waals surface area contributed by atoms with E-state index in [9.17, 15) is 10.1 Å². The Labute approximate surface area is 116 Å². The van der Waals surface area contributed by atoms with Gasteiger partial charge in [-0.1, -0.05) is 6.07 Å². The predicted octanol–water partition coefficient (Wildman–Crippen LogP) is 1.64. The second-order valence-electron chi connectivity index (χ2n) is 5.61. The van der Waals surface area contributed by atoms with Crippen molar-refractivity contribution in [3.63, 3.8) is 0 Å². The zero-order valence-electron chi connectivity index (χ0n) is 11.0. The molecule has 0 amide bonds. The Balaban J connectivity index is 1.96. The summed E-state index contributed by atoms with van der Waals surface area (Å²) in [6, 6.07) is 7.03. The van der Waals surface area contributed by atoms with Crippen LogP contribution in [-0.4, -0.2) is 24.1 Å². The van der Waals surface area contributed by atoms with Crippen molar-refractivity contribution < 1.29 is 4.92 Å². The minimum atomic E-state index is -0.456. The molecule has 6 heteroatoms. The molecule has 1 saturated carbocycles. The maximum Gasteiger partial charge on any atom is 0.310 e. The van der Waals surface area contributed by atoms with E-state index in [1.54, 1.807) is 12.1 Å². The van der Waals surface area contributed by atoms with E-state index >= 15 is 0 Å². The highest BCUT2D eigenvalue weighted by atomic mass is 16.6. The van der Waals surface area contributed by atoms with Crippen molar-refractivity contribution in [1.82, 2.24) is 0 Å². The number of hydrogen-bond acceptors (Lipinski definition) is 5. The number of fused-ring (bicyclic) bond motifs is 1. The number of hydrogen-bond donors (Lipinski definition) is 1. The summed E-state index contributed by atoms with van der Waals surface area (Å²) in [5.41, 5.74) is 6.69. The second-order valence-corrected chi connectivity index (χ2v) is 5.61. The summed E-state index contributed by atoms with van der Waals surface area (Å²) in [6.45, 7) is 1.55. The standard InChI is InChI=1S/C14H16N4O2/c15-6-9-2-1-3-13(14(9)18(19)20)17-7-10-4-5-12(16)11(10)8-17/h1-3,10-12H,4-5,7-8,16H2. The molecule has 2 fully saturated rings. The van der Waals surface area contributed by atoms with Gasteiger partial charge in [0.15, 0.2) is 0 Å². The average molecular weight is 272 g/mol. The largest absolute Gasteiger partial charge is 0.365 e. The normalized spacial score (nSPS) is 28.2. The van der Waals surface area contributed by atoms with Gasteiger partial charge in [0, 0.05) is 19.1 Å². The van der Waals surface area contributed by atoms with E-state index in [0.717, 1.165) is 25.9 Å². The van der Waals surface area contributed by atoms with Crippen LogP contribution in [0.1, 0.15) is 18.4 Å². The SMILES string of the molecule is N#Cc1cccc(N2CC3CCC(N)C3C2)c1[N+](=O)[O-]. The van der Waals surface area contributed by atoms with Gasteiger partial charge in [-0.2, -0.15) is 5.26 Å². The average Bonchev–Trinajstić information content (AvgIpc) is 3.00.